The highest BCUT2D eigenvalue weighted by molar-refractivity contribution is 6.30. The summed E-state index contributed by atoms with van der Waals surface area (Å²) in [5.41, 5.74) is 4.90. The highest BCUT2D eigenvalue weighted by Crippen LogP contribution is 2.21. The van der Waals surface area contributed by atoms with Crippen molar-refractivity contribution >= 4 is 29.5 Å². The second kappa shape index (κ2) is 10.9. The third-order valence-electron chi connectivity index (χ3n) is 4.00. The summed E-state index contributed by atoms with van der Waals surface area (Å²) in [6.45, 7) is 2.76. The molecule has 0 saturated carbocycles. The molecule has 3 aromatic rings. The van der Waals surface area contributed by atoms with Gasteiger partial charge >= 0.3 is 6.03 Å². The molecule has 0 unspecified atom stereocenters. The number of hydrogen-bond acceptors (Lipinski definition) is 4. The van der Waals surface area contributed by atoms with Crippen molar-refractivity contribution in [2.75, 3.05) is 18.5 Å². The van der Waals surface area contributed by atoms with Crippen LogP contribution in [-0.4, -0.2) is 25.5 Å². The lowest BCUT2D eigenvalue weighted by atomic mass is 10.2. The summed E-state index contributed by atoms with van der Waals surface area (Å²) in [4.78, 5) is 11.9. The smallest absolute Gasteiger partial charge is 0.339 e. The second-order valence-corrected chi connectivity index (χ2v) is 6.82. The van der Waals surface area contributed by atoms with Crippen LogP contribution in [0.5, 0.6) is 11.5 Å². The lowest BCUT2D eigenvalue weighted by Gasteiger charge is -2.11. The number of aryl methyl sites for hydroxylation is 1. The normalized spacial score (nSPS) is 10.6. The van der Waals surface area contributed by atoms with Crippen molar-refractivity contribution in [2.24, 2.45) is 5.10 Å². The predicted molar refractivity (Wildman–Crippen MR) is 120 cm³/mol. The van der Waals surface area contributed by atoms with E-state index in [4.69, 9.17) is 21.1 Å². The van der Waals surface area contributed by atoms with Crippen molar-refractivity contribution in [1.29, 1.82) is 0 Å². The number of hydrazone groups is 1. The summed E-state index contributed by atoms with van der Waals surface area (Å²) in [6.07, 6.45) is 1.48. The number of rotatable bonds is 8. The van der Waals surface area contributed by atoms with Gasteiger partial charge in [0.05, 0.1) is 6.21 Å². The molecular formula is C23H22ClN3O3. The van der Waals surface area contributed by atoms with Gasteiger partial charge in [0.15, 0.2) is 0 Å². The largest absolute Gasteiger partial charge is 0.490 e. The van der Waals surface area contributed by atoms with Gasteiger partial charge in [0, 0.05) is 16.3 Å². The van der Waals surface area contributed by atoms with Gasteiger partial charge in [-0.05, 0) is 49.4 Å². The summed E-state index contributed by atoms with van der Waals surface area (Å²) >= 11 is 6.08. The van der Waals surface area contributed by atoms with Crippen molar-refractivity contribution in [3.63, 3.8) is 0 Å². The van der Waals surface area contributed by atoms with Crippen LogP contribution in [0, 0.1) is 6.92 Å². The summed E-state index contributed by atoms with van der Waals surface area (Å²) < 4.78 is 11.5. The Labute approximate surface area is 180 Å². The Hall–Kier alpha value is -3.51. The first kappa shape index (κ1) is 21.2. The van der Waals surface area contributed by atoms with E-state index in [2.05, 4.69) is 15.8 Å². The van der Waals surface area contributed by atoms with Crippen molar-refractivity contribution in [1.82, 2.24) is 5.43 Å². The summed E-state index contributed by atoms with van der Waals surface area (Å²) in [5.74, 6) is 1.37. The maximum Gasteiger partial charge on any atom is 0.339 e. The van der Waals surface area contributed by atoms with Crippen LogP contribution in [0.3, 0.4) is 0 Å². The van der Waals surface area contributed by atoms with Gasteiger partial charge < -0.3 is 14.8 Å². The van der Waals surface area contributed by atoms with Crippen molar-refractivity contribution < 1.29 is 14.3 Å². The fourth-order valence-electron chi connectivity index (χ4n) is 2.54. The number of benzene rings is 3. The van der Waals surface area contributed by atoms with Gasteiger partial charge in [-0.3, -0.25) is 0 Å². The number of hydrogen-bond donors (Lipinski definition) is 2. The molecule has 0 aliphatic rings. The fraction of sp³-hybridized carbons (Fsp3) is 0.130. The Bertz CT molecular complexity index is 992. The summed E-state index contributed by atoms with van der Waals surface area (Å²) in [7, 11) is 0. The molecule has 0 atom stereocenters. The maximum absolute atomic E-state index is 11.9. The van der Waals surface area contributed by atoms with Crippen molar-refractivity contribution in [3.8, 4) is 11.5 Å². The molecule has 0 radical (unpaired) electrons. The molecule has 2 N–H and O–H groups in total. The van der Waals surface area contributed by atoms with Crippen LogP contribution in [0.1, 0.15) is 11.1 Å². The molecule has 0 aromatic heterocycles. The first-order chi connectivity index (χ1) is 14.6. The standard InChI is InChI=1S/C23H22ClN3O3/c1-17-7-10-21(11-8-17)29-13-14-30-22-12-9-19(24)15-18(22)16-25-27-23(28)26-20-5-3-2-4-6-20/h2-12,15-16H,13-14H2,1H3,(H2,26,27,28). The molecular weight excluding hydrogens is 402 g/mol. The predicted octanol–water partition coefficient (Wildman–Crippen LogP) is 5.26. The highest BCUT2D eigenvalue weighted by Gasteiger charge is 2.04. The molecule has 2 amide bonds. The van der Waals surface area contributed by atoms with Gasteiger partial charge in [0.25, 0.3) is 0 Å². The van der Waals surface area contributed by atoms with Gasteiger partial charge in [0.1, 0.15) is 24.7 Å². The Balaban J connectivity index is 1.51. The van der Waals surface area contributed by atoms with Gasteiger partial charge in [-0.2, -0.15) is 5.10 Å². The third kappa shape index (κ3) is 6.83. The topological polar surface area (TPSA) is 72.0 Å². The number of urea groups is 1. The molecule has 0 spiro atoms. The van der Waals surface area contributed by atoms with Crippen LogP contribution in [0.2, 0.25) is 5.02 Å². The van der Waals surface area contributed by atoms with E-state index in [-0.39, 0.29) is 0 Å². The minimum Gasteiger partial charge on any atom is -0.490 e. The number of halogens is 1. The van der Waals surface area contributed by atoms with Gasteiger partial charge in [-0.25, -0.2) is 10.2 Å². The first-order valence-corrected chi connectivity index (χ1v) is 9.75. The SMILES string of the molecule is Cc1ccc(OCCOc2ccc(Cl)cc2C=NNC(=O)Nc2ccccc2)cc1. The monoisotopic (exact) mass is 423 g/mol. The van der Waals surface area contributed by atoms with Crippen LogP contribution in [0.4, 0.5) is 10.5 Å². The van der Waals surface area contributed by atoms with Crippen molar-refractivity contribution in [3.05, 3.63) is 88.9 Å². The molecule has 154 valence electrons. The zero-order valence-corrected chi connectivity index (χ0v) is 17.2. The minimum atomic E-state index is -0.451. The van der Waals surface area contributed by atoms with E-state index in [0.717, 1.165) is 5.75 Å². The Morgan fingerprint density at radius 1 is 1.00 bits per heavy atom. The van der Waals surface area contributed by atoms with E-state index < -0.39 is 6.03 Å². The third-order valence-corrected chi connectivity index (χ3v) is 4.24. The zero-order chi connectivity index (χ0) is 21.2. The Morgan fingerprint density at radius 3 is 2.50 bits per heavy atom. The number of para-hydroxylation sites is 1. The number of anilines is 1. The molecule has 0 aliphatic carbocycles. The lowest BCUT2D eigenvalue weighted by Crippen LogP contribution is -2.24. The van der Waals surface area contributed by atoms with E-state index in [0.29, 0.717) is 35.2 Å². The molecule has 0 heterocycles. The van der Waals surface area contributed by atoms with E-state index in [1.54, 1.807) is 30.3 Å². The molecule has 3 aromatic carbocycles. The number of nitrogens with one attached hydrogen (secondary N) is 2. The number of nitrogens with zero attached hydrogens (tertiary/aromatic N) is 1. The molecule has 0 bridgehead atoms. The molecule has 7 heteroatoms. The minimum absolute atomic E-state index is 0.346. The molecule has 0 fully saturated rings. The van der Waals surface area contributed by atoms with E-state index in [1.165, 1.54) is 11.8 Å². The van der Waals surface area contributed by atoms with Gasteiger partial charge in [-0.15, -0.1) is 0 Å². The molecule has 30 heavy (non-hydrogen) atoms. The lowest BCUT2D eigenvalue weighted by molar-refractivity contribution is 0.217. The fourth-order valence-corrected chi connectivity index (χ4v) is 2.72. The Kier molecular flexibility index (Phi) is 7.69. The quantitative estimate of drug-likeness (QED) is 0.295. The average molecular weight is 424 g/mol. The number of ether oxygens (including phenoxy) is 2. The summed E-state index contributed by atoms with van der Waals surface area (Å²) in [6, 6.07) is 21.6. The van der Waals surface area contributed by atoms with Gasteiger partial charge in [0.2, 0.25) is 0 Å². The van der Waals surface area contributed by atoms with Crippen LogP contribution < -0.4 is 20.2 Å². The molecule has 0 saturated heterocycles. The average Bonchev–Trinajstić information content (AvgIpc) is 2.74. The molecule has 3 rings (SSSR count). The molecule has 0 aliphatic heterocycles. The Morgan fingerprint density at radius 2 is 1.73 bits per heavy atom. The van der Waals surface area contributed by atoms with Gasteiger partial charge in [-0.1, -0.05) is 47.5 Å². The van der Waals surface area contributed by atoms with Crippen LogP contribution in [0.25, 0.3) is 0 Å². The summed E-state index contributed by atoms with van der Waals surface area (Å²) in [5, 5.41) is 7.18. The van der Waals surface area contributed by atoms with E-state index >= 15 is 0 Å². The first-order valence-electron chi connectivity index (χ1n) is 9.37. The zero-order valence-electron chi connectivity index (χ0n) is 16.5. The second-order valence-electron chi connectivity index (χ2n) is 6.38. The van der Waals surface area contributed by atoms with E-state index in [9.17, 15) is 4.79 Å². The highest BCUT2D eigenvalue weighted by atomic mass is 35.5. The maximum atomic E-state index is 11.9. The van der Waals surface area contributed by atoms with Crippen LogP contribution in [-0.2, 0) is 0 Å². The van der Waals surface area contributed by atoms with Crippen molar-refractivity contribution in [2.45, 2.75) is 6.92 Å². The number of carbonyl (C=O) groups is 1. The number of carbonyl (C=O) groups excluding carboxylic acids is 1. The van der Waals surface area contributed by atoms with Crippen LogP contribution in [0.15, 0.2) is 77.9 Å². The van der Waals surface area contributed by atoms with E-state index in [1.807, 2.05) is 49.4 Å². The van der Waals surface area contributed by atoms with Crippen LogP contribution >= 0.6 is 11.6 Å². The molecule has 6 nitrogen and oxygen atoms in total. The number of amides is 2.